The number of fused-ring (bicyclic) bond motifs is 1. The molecule has 0 radical (unpaired) electrons. The summed E-state index contributed by atoms with van der Waals surface area (Å²) >= 11 is 0. The van der Waals surface area contributed by atoms with Crippen molar-refractivity contribution in [2.75, 3.05) is 54.1 Å². The fraction of sp³-hybridized carbons (Fsp3) is 0.525. The zero-order valence-electron chi connectivity index (χ0n) is 30.5. The number of nitrogens with zero attached hydrogens (tertiary/aromatic N) is 4. The highest BCUT2D eigenvalue weighted by Crippen LogP contribution is 2.66. The predicted molar refractivity (Wildman–Crippen MR) is 197 cm³/mol. The molecule has 3 aliphatic heterocycles. The number of carbonyl (C=O) groups is 3. The Kier molecular flexibility index (Phi) is 11.1. The SMILES string of the molecule is C=CCN(C(=O)C1N([C@@H](CC)CO)C(=O)[C@@H]2[C@H](C(=O)N(CC=C)c3ccc(OCC)cc3)[C@@]3(C)OC12CC3C)c1ccc(N(CC)CC)cc1. The van der Waals surface area contributed by atoms with E-state index in [4.69, 9.17) is 9.47 Å². The van der Waals surface area contributed by atoms with Crippen LogP contribution in [0.5, 0.6) is 5.75 Å². The van der Waals surface area contributed by atoms with Gasteiger partial charge < -0.3 is 34.2 Å². The first-order valence-corrected chi connectivity index (χ1v) is 18.1. The van der Waals surface area contributed by atoms with Crippen molar-refractivity contribution in [1.82, 2.24) is 4.90 Å². The second kappa shape index (κ2) is 15.0. The van der Waals surface area contributed by atoms with Crippen LogP contribution in [-0.2, 0) is 19.1 Å². The van der Waals surface area contributed by atoms with Gasteiger partial charge in [0, 0.05) is 43.2 Å². The number of hydrogen-bond acceptors (Lipinski definition) is 7. The second-order valence-electron chi connectivity index (χ2n) is 13.8. The van der Waals surface area contributed by atoms with Crippen molar-refractivity contribution in [1.29, 1.82) is 0 Å². The van der Waals surface area contributed by atoms with Crippen molar-refractivity contribution in [3.8, 4) is 5.75 Å². The minimum Gasteiger partial charge on any atom is -0.494 e. The maximum atomic E-state index is 15.1. The molecule has 2 bridgehead atoms. The van der Waals surface area contributed by atoms with Crippen molar-refractivity contribution in [3.63, 3.8) is 0 Å². The van der Waals surface area contributed by atoms with Crippen LogP contribution in [0.3, 0.4) is 0 Å². The van der Waals surface area contributed by atoms with Crippen LogP contribution in [0, 0.1) is 17.8 Å². The van der Waals surface area contributed by atoms with E-state index < -0.39 is 35.1 Å². The average Bonchev–Trinajstić information content (AvgIpc) is 3.64. The van der Waals surface area contributed by atoms with Gasteiger partial charge in [-0.25, -0.2) is 0 Å². The molecule has 2 aromatic rings. The number of aliphatic hydroxyl groups excluding tert-OH is 1. The van der Waals surface area contributed by atoms with Gasteiger partial charge >= 0.3 is 0 Å². The number of benzene rings is 2. The van der Waals surface area contributed by atoms with Crippen LogP contribution in [0.2, 0.25) is 0 Å². The van der Waals surface area contributed by atoms with Gasteiger partial charge in [0.05, 0.1) is 36.7 Å². The Morgan fingerprint density at radius 3 is 2.00 bits per heavy atom. The van der Waals surface area contributed by atoms with E-state index in [9.17, 15) is 14.7 Å². The number of amides is 3. The van der Waals surface area contributed by atoms with Gasteiger partial charge in [0.2, 0.25) is 11.8 Å². The Balaban J connectivity index is 1.60. The van der Waals surface area contributed by atoms with E-state index in [0.717, 1.165) is 18.8 Å². The molecule has 270 valence electrons. The van der Waals surface area contributed by atoms with Gasteiger partial charge in [-0.05, 0) is 95.0 Å². The molecule has 1 spiro atoms. The Morgan fingerprint density at radius 2 is 1.50 bits per heavy atom. The summed E-state index contributed by atoms with van der Waals surface area (Å²) in [4.78, 5) is 51.9. The predicted octanol–water partition coefficient (Wildman–Crippen LogP) is 5.45. The molecule has 5 rings (SSSR count). The summed E-state index contributed by atoms with van der Waals surface area (Å²) in [7, 11) is 0. The van der Waals surface area contributed by atoms with Crippen LogP contribution in [-0.4, -0.2) is 90.4 Å². The first kappa shape index (κ1) is 37.1. The zero-order chi connectivity index (χ0) is 36.4. The molecule has 7 atom stereocenters. The van der Waals surface area contributed by atoms with Crippen molar-refractivity contribution in [2.45, 2.75) is 77.7 Å². The minimum atomic E-state index is -1.27. The molecule has 10 nitrogen and oxygen atoms in total. The third-order valence-corrected chi connectivity index (χ3v) is 11.2. The quantitative estimate of drug-likeness (QED) is 0.234. The molecular weight excluding hydrogens is 632 g/mol. The second-order valence-corrected chi connectivity index (χ2v) is 13.8. The summed E-state index contributed by atoms with van der Waals surface area (Å²) in [5.41, 5.74) is 0.0767. The van der Waals surface area contributed by atoms with Gasteiger partial charge in [-0.2, -0.15) is 0 Å². The topological polar surface area (TPSA) is 103 Å². The lowest BCUT2D eigenvalue weighted by molar-refractivity contribution is -0.149. The van der Waals surface area contributed by atoms with Gasteiger partial charge in [-0.3, -0.25) is 14.4 Å². The Labute approximate surface area is 297 Å². The molecule has 3 heterocycles. The molecule has 3 fully saturated rings. The summed E-state index contributed by atoms with van der Waals surface area (Å²) < 4.78 is 12.7. The third-order valence-electron chi connectivity index (χ3n) is 11.2. The Bertz CT molecular complexity index is 1550. The van der Waals surface area contributed by atoms with Crippen LogP contribution < -0.4 is 19.4 Å². The molecular formula is C40H54N4O6. The fourth-order valence-electron chi connectivity index (χ4n) is 8.68. The highest BCUT2D eigenvalue weighted by Gasteiger charge is 2.80. The first-order valence-electron chi connectivity index (χ1n) is 18.1. The molecule has 3 aliphatic rings. The number of likely N-dealkylation sites (tertiary alicyclic amines) is 1. The van der Waals surface area contributed by atoms with E-state index in [1.807, 2.05) is 76.2 Å². The van der Waals surface area contributed by atoms with Gasteiger partial charge in [0.1, 0.15) is 17.4 Å². The van der Waals surface area contributed by atoms with Crippen molar-refractivity contribution in [2.24, 2.45) is 17.8 Å². The van der Waals surface area contributed by atoms with Crippen LogP contribution in [0.1, 0.15) is 54.4 Å². The summed E-state index contributed by atoms with van der Waals surface area (Å²) in [6.45, 7) is 22.1. The lowest BCUT2D eigenvalue weighted by Crippen LogP contribution is -2.59. The standard InChI is InChI=1S/C40H54N4O6/c1-9-23-42(31-19-21-32(22-20-31)49-14-6)36(46)33-34-37(47)44(28(11-3)26-45)35(40(34)25-27(7)39(33,8)50-40)38(48)43(24-10-2)30-17-15-29(16-18-30)41(12-4)13-5/h9-10,15-22,27-28,33-35,45H,1-2,11-14,23-26H2,3-8H3/t27?,28-,33+,34-,35?,39-,40?/m0/s1. The van der Waals surface area contributed by atoms with Gasteiger partial charge in [-0.1, -0.05) is 26.0 Å². The zero-order valence-corrected chi connectivity index (χ0v) is 30.5. The van der Waals surface area contributed by atoms with Crippen LogP contribution >= 0.6 is 0 Å². The smallest absolute Gasteiger partial charge is 0.253 e. The average molecular weight is 687 g/mol. The summed E-state index contributed by atoms with van der Waals surface area (Å²) in [6.07, 6.45) is 4.18. The number of carbonyl (C=O) groups excluding carboxylic acids is 3. The number of aliphatic hydroxyl groups is 1. The van der Waals surface area contributed by atoms with E-state index in [1.54, 1.807) is 26.9 Å². The lowest BCUT2D eigenvalue weighted by atomic mass is 9.62. The Morgan fingerprint density at radius 1 is 0.960 bits per heavy atom. The fourth-order valence-corrected chi connectivity index (χ4v) is 8.68. The lowest BCUT2D eigenvalue weighted by Gasteiger charge is -2.39. The van der Waals surface area contributed by atoms with Crippen LogP contribution in [0.4, 0.5) is 17.1 Å². The number of rotatable bonds is 16. The van der Waals surface area contributed by atoms with Gasteiger partial charge in [0.15, 0.2) is 0 Å². The molecule has 50 heavy (non-hydrogen) atoms. The van der Waals surface area contributed by atoms with Crippen molar-refractivity contribution < 1.29 is 29.0 Å². The molecule has 1 N–H and O–H groups in total. The summed E-state index contributed by atoms with van der Waals surface area (Å²) in [6, 6.07) is 13.4. The highest BCUT2D eigenvalue weighted by molar-refractivity contribution is 6.07. The highest BCUT2D eigenvalue weighted by atomic mass is 16.5. The molecule has 3 unspecified atom stereocenters. The van der Waals surface area contributed by atoms with Crippen molar-refractivity contribution in [3.05, 3.63) is 73.8 Å². The minimum absolute atomic E-state index is 0.142. The molecule has 0 aromatic heterocycles. The molecule has 10 heteroatoms. The number of hydrogen-bond donors (Lipinski definition) is 1. The Hall–Kier alpha value is -4.15. The summed E-state index contributed by atoms with van der Waals surface area (Å²) in [5, 5.41) is 10.6. The van der Waals surface area contributed by atoms with E-state index >= 15 is 4.79 Å². The monoisotopic (exact) mass is 686 g/mol. The van der Waals surface area contributed by atoms with Gasteiger partial charge in [-0.15, -0.1) is 13.2 Å². The normalized spacial score (nSPS) is 27.1. The van der Waals surface area contributed by atoms with E-state index in [0.29, 0.717) is 36.6 Å². The number of anilines is 3. The molecule has 2 aromatic carbocycles. The van der Waals surface area contributed by atoms with Crippen LogP contribution in [0.15, 0.2) is 73.8 Å². The van der Waals surface area contributed by atoms with Crippen molar-refractivity contribution >= 4 is 34.8 Å². The van der Waals surface area contributed by atoms with E-state index in [2.05, 4.69) is 31.9 Å². The largest absolute Gasteiger partial charge is 0.494 e. The molecule has 3 amide bonds. The maximum absolute atomic E-state index is 15.1. The first-order chi connectivity index (χ1) is 24.0. The molecule has 0 saturated carbocycles. The number of ether oxygens (including phenoxy) is 2. The maximum Gasteiger partial charge on any atom is 0.253 e. The molecule has 0 aliphatic carbocycles. The van der Waals surface area contributed by atoms with Gasteiger partial charge in [0.25, 0.3) is 5.91 Å². The molecule has 3 saturated heterocycles. The van der Waals surface area contributed by atoms with Crippen LogP contribution in [0.25, 0.3) is 0 Å². The summed E-state index contributed by atoms with van der Waals surface area (Å²) in [5.74, 6) is -2.16. The van der Waals surface area contributed by atoms with E-state index in [-0.39, 0.29) is 43.3 Å². The van der Waals surface area contributed by atoms with E-state index in [1.165, 1.54) is 0 Å². The third kappa shape index (κ3) is 6.00.